The minimum absolute atomic E-state index is 0.280. The highest BCUT2D eigenvalue weighted by atomic mass is 32.2. The maximum absolute atomic E-state index is 12.6. The molecule has 6 heteroatoms. The summed E-state index contributed by atoms with van der Waals surface area (Å²) in [7, 11) is -3.50. The van der Waals surface area contributed by atoms with Gasteiger partial charge in [-0.3, -0.25) is 0 Å². The molecule has 1 heterocycles. The Hall–Kier alpha value is -0.950. The van der Waals surface area contributed by atoms with E-state index in [0.29, 0.717) is 38.9 Å². The molecule has 1 fully saturated rings. The van der Waals surface area contributed by atoms with Gasteiger partial charge in [0.25, 0.3) is 0 Å². The summed E-state index contributed by atoms with van der Waals surface area (Å²) in [5.41, 5.74) is 5.58. The first-order valence-electron chi connectivity index (χ1n) is 6.87. The predicted octanol–water partition coefficient (Wildman–Crippen LogP) is 1.07. The van der Waals surface area contributed by atoms with Crippen LogP contribution in [0.15, 0.2) is 29.2 Å². The van der Waals surface area contributed by atoms with E-state index in [0.717, 1.165) is 5.56 Å². The molecule has 112 valence electrons. The van der Waals surface area contributed by atoms with Crippen LogP contribution in [0.2, 0.25) is 0 Å². The second-order valence-corrected chi connectivity index (χ2v) is 7.54. The number of benzene rings is 1. The molecule has 0 spiro atoms. The lowest BCUT2D eigenvalue weighted by atomic mass is 9.98. The Morgan fingerprint density at radius 2 is 2.10 bits per heavy atom. The van der Waals surface area contributed by atoms with Gasteiger partial charge in [0.05, 0.1) is 10.5 Å². The number of nitrogens with zero attached hydrogens (tertiary/aromatic N) is 1. The fourth-order valence-electron chi connectivity index (χ4n) is 2.46. The molecule has 0 saturated carbocycles. The number of rotatable bonds is 3. The highest BCUT2D eigenvalue weighted by Gasteiger charge is 2.31. The van der Waals surface area contributed by atoms with Crippen molar-refractivity contribution in [2.24, 2.45) is 5.73 Å². The van der Waals surface area contributed by atoms with Crippen molar-refractivity contribution in [1.82, 2.24) is 4.31 Å². The molecule has 1 aliphatic rings. The van der Waals surface area contributed by atoms with Crippen molar-refractivity contribution in [3.63, 3.8) is 0 Å². The van der Waals surface area contributed by atoms with E-state index in [1.807, 2.05) is 6.07 Å². The van der Waals surface area contributed by atoms with Crippen LogP contribution >= 0.6 is 0 Å². The predicted molar refractivity (Wildman–Crippen MR) is 77.6 cm³/mol. The molecule has 5 nitrogen and oxygen atoms in total. The van der Waals surface area contributed by atoms with Gasteiger partial charge in [-0.05, 0) is 43.9 Å². The highest BCUT2D eigenvalue weighted by Crippen LogP contribution is 2.25. The van der Waals surface area contributed by atoms with Gasteiger partial charge in [0.15, 0.2) is 0 Å². The lowest BCUT2D eigenvalue weighted by Crippen LogP contribution is -2.33. The Balaban J connectivity index is 2.25. The SMILES string of the molecule is CC1(O)CCCN(S(=O)(=O)c2cccc(CN)c2)CC1. The molecule has 0 amide bonds. The molecule has 2 rings (SSSR count). The lowest BCUT2D eigenvalue weighted by molar-refractivity contribution is 0.0465. The van der Waals surface area contributed by atoms with Crippen LogP contribution in [0.3, 0.4) is 0 Å². The Morgan fingerprint density at radius 1 is 1.35 bits per heavy atom. The van der Waals surface area contributed by atoms with Gasteiger partial charge in [-0.25, -0.2) is 8.42 Å². The molecule has 3 N–H and O–H groups in total. The Morgan fingerprint density at radius 3 is 2.80 bits per heavy atom. The van der Waals surface area contributed by atoms with Crippen molar-refractivity contribution in [1.29, 1.82) is 0 Å². The second kappa shape index (κ2) is 5.81. The Labute approximate surface area is 120 Å². The highest BCUT2D eigenvalue weighted by molar-refractivity contribution is 7.89. The smallest absolute Gasteiger partial charge is 0.243 e. The summed E-state index contributed by atoms with van der Waals surface area (Å²) in [5, 5.41) is 10.1. The summed E-state index contributed by atoms with van der Waals surface area (Å²) in [6.07, 6.45) is 1.76. The van der Waals surface area contributed by atoms with Crippen LogP contribution in [0.1, 0.15) is 31.7 Å². The van der Waals surface area contributed by atoms with Crippen molar-refractivity contribution in [3.05, 3.63) is 29.8 Å². The third kappa shape index (κ3) is 3.38. The first kappa shape index (κ1) is 15.4. The van der Waals surface area contributed by atoms with Crippen LogP contribution in [-0.4, -0.2) is 36.5 Å². The van der Waals surface area contributed by atoms with Gasteiger partial charge in [0, 0.05) is 19.6 Å². The zero-order valence-electron chi connectivity index (χ0n) is 11.7. The fourth-order valence-corrected chi connectivity index (χ4v) is 4.01. The van der Waals surface area contributed by atoms with Gasteiger partial charge in [-0.1, -0.05) is 12.1 Å². The van der Waals surface area contributed by atoms with E-state index >= 15 is 0 Å². The quantitative estimate of drug-likeness (QED) is 0.874. The van der Waals surface area contributed by atoms with Crippen molar-refractivity contribution in [3.8, 4) is 0 Å². The third-order valence-corrected chi connectivity index (χ3v) is 5.69. The van der Waals surface area contributed by atoms with Crippen LogP contribution in [0.5, 0.6) is 0 Å². The van der Waals surface area contributed by atoms with Gasteiger partial charge < -0.3 is 10.8 Å². The maximum Gasteiger partial charge on any atom is 0.243 e. The summed E-state index contributed by atoms with van der Waals surface area (Å²) in [5.74, 6) is 0. The summed E-state index contributed by atoms with van der Waals surface area (Å²) < 4.78 is 26.7. The van der Waals surface area contributed by atoms with Crippen molar-refractivity contribution < 1.29 is 13.5 Å². The molecule has 1 aliphatic heterocycles. The van der Waals surface area contributed by atoms with E-state index in [1.54, 1.807) is 25.1 Å². The van der Waals surface area contributed by atoms with Crippen LogP contribution in [0.4, 0.5) is 0 Å². The molecule has 1 aromatic carbocycles. The molecule has 0 bridgehead atoms. The summed E-state index contributed by atoms with van der Waals surface area (Å²) in [6, 6.07) is 6.74. The van der Waals surface area contributed by atoms with Gasteiger partial charge >= 0.3 is 0 Å². The molecule has 1 saturated heterocycles. The molecule has 0 aromatic heterocycles. The molecule has 20 heavy (non-hydrogen) atoms. The molecule has 0 aliphatic carbocycles. The zero-order chi connectivity index (χ0) is 14.8. The van der Waals surface area contributed by atoms with E-state index in [-0.39, 0.29) is 4.90 Å². The van der Waals surface area contributed by atoms with Crippen LogP contribution in [0, 0.1) is 0 Å². The molecule has 0 radical (unpaired) electrons. The number of sulfonamides is 1. The number of aliphatic hydroxyl groups is 1. The van der Waals surface area contributed by atoms with Crippen LogP contribution in [0.25, 0.3) is 0 Å². The average molecular weight is 298 g/mol. The van der Waals surface area contributed by atoms with Crippen molar-refractivity contribution in [2.45, 2.75) is 43.2 Å². The maximum atomic E-state index is 12.6. The van der Waals surface area contributed by atoms with Crippen molar-refractivity contribution in [2.75, 3.05) is 13.1 Å². The second-order valence-electron chi connectivity index (χ2n) is 5.61. The molecule has 1 aromatic rings. The Kier molecular flexibility index (Phi) is 4.49. The first-order valence-corrected chi connectivity index (χ1v) is 8.31. The normalized spacial score (nSPS) is 25.4. The minimum Gasteiger partial charge on any atom is -0.390 e. The standard InChI is InChI=1S/C14H22N2O3S/c1-14(17)6-3-8-16(9-7-14)20(18,19)13-5-2-4-12(10-13)11-15/h2,4-5,10,17H,3,6-9,11,15H2,1H3. The number of nitrogens with two attached hydrogens (primary N) is 1. The molecule has 1 atom stereocenters. The summed E-state index contributed by atoms with van der Waals surface area (Å²) in [4.78, 5) is 0.280. The van der Waals surface area contributed by atoms with Crippen molar-refractivity contribution >= 4 is 10.0 Å². The van der Waals surface area contributed by atoms with E-state index < -0.39 is 15.6 Å². The average Bonchev–Trinajstić information content (AvgIpc) is 2.60. The van der Waals surface area contributed by atoms with E-state index in [2.05, 4.69) is 0 Å². The zero-order valence-corrected chi connectivity index (χ0v) is 12.6. The molecular formula is C14H22N2O3S. The molecule has 1 unspecified atom stereocenters. The van der Waals surface area contributed by atoms with Crippen LogP contribution in [-0.2, 0) is 16.6 Å². The number of hydrogen-bond donors (Lipinski definition) is 2. The van der Waals surface area contributed by atoms with E-state index in [4.69, 9.17) is 5.73 Å². The number of hydrogen-bond acceptors (Lipinski definition) is 4. The van der Waals surface area contributed by atoms with E-state index in [9.17, 15) is 13.5 Å². The van der Waals surface area contributed by atoms with E-state index in [1.165, 1.54) is 4.31 Å². The minimum atomic E-state index is -3.50. The van der Waals surface area contributed by atoms with Gasteiger partial charge in [-0.15, -0.1) is 0 Å². The van der Waals surface area contributed by atoms with Gasteiger partial charge in [0.1, 0.15) is 0 Å². The topological polar surface area (TPSA) is 83.6 Å². The first-order chi connectivity index (χ1) is 9.35. The van der Waals surface area contributed by atoms with Crippen LogP contribution < -0.4 is 5.73 Å². The monoisotopic (exact) mass is 298 g/mol. The lowest BCUT2D eigenvalue weighted by Gasteiger charge is -2.22. The largest absolute Gasteiger partial charge is 0.390 e. The summed E-state index contributed by atoms with van der Waals surface area (Å²) >= 11 is 0. The van der Waals surface area contributed by atoms with Gasteiger partial charge in [-0.2, -0.15) is 4.31 Å². The third-order valence-electron chi connectivity index (χ3n) is 3.79. The summed E-state index contributed by atoms with van der Waals surface area (Å²) in [6.45, 7) is 2.88. The fraction of sp³-hybridized carbons (Fsp3) is 0.571. The van der Waals surface area contributed by atoms with Gasteiger partial charge in [0.2, 0.25) is 10.0 Å². The Bertz CT molecular complexity index is 570. The molecular weight excluding hydrogens is 276 g/mol.